The molecule has 20 heavy (non-hydrogen) atoms. The Kier molecular flexibility index (Phi) is 4.52. The van der Waals surface area contributed by atoms with E-state index in [1.165, 1.54) is 12.1 Å². The number of anilines is 2. The number of ether oxygens (including phenoxy) is 1. The summed E-state index contributed by atoms with van der Waals surface area (Å²) in [5.74, 6) is -0.130. The Morgan fingerprint density at radius 2 is 2.25 bits per heavy atom. The molecule has 0 amide bonds. The Morgan fingerprint density at radius 3 is 2.90 bits per heavy atom. The van der Waals surface area contributed by atoms with Crippen LogP contribution in [0.3, 0.4) is 0 Å². The third kappa shape index (κ3) is 3.45. The molecule has 1 aromatic heterocycles. The van der Waals surface area contributed by atoms with E-state index in [2.05, 4.69) is 31.2 Å². The van der Waals surface area contributed by atoms with Crippen LogP contribution in [0, 0.1) is 0 Å². The number of carboxylic acids is 1. The maximum Gasteiger partial charge on any atom is 0.335 e. The first-order chi connectivity index (χ1) is 9.60. The van der Waals surface area contributed by atoms with Crippen molar-refractivity contribution < 1.29 is 14.6 Å². The minimum atomic E-state index is -0.980. The lowest BCUT2D eigenvalue weighted by atomic mass is 10.2. The second-order valence-electron chi connectivity index (χ2n) is 3.78. The van der Waals surface area contributed by atoms with Gasteiger partial charge in [0.25, 0.3) is 0 Å². The van der Waals surface area contributed by atoms with Crippen LogP contribution in [0.5, 0.6) is 5.88 Å². The summed E-state index contributed by atoms with van der Waals surface area (Å²) in [6.07, 6.45) is 1.58. The van der Waals surface area contributed by atoms with E-state index in [1.807, 2.05) is 6.92 Å². The molecule has 1 heterocycles. The minimum Gasteiger partial charge on any atom is -0.478 e. The molecule has 0 bridgehead atoms. The van der Waals surface area contributed by atoms with Crippen LogP contribution in [0.1, 0.15) is 17.3 Å². The highest BCUT2D eigenvalue weighted by molar-refractivity contribution is 9.10. The van der Waals surface area contributed by atoms with E-state index in [0.717, 1.165) is 0 Å². The smallest absolute Gasteiger partial charge is 0.335 e. The van der Waals surface area contributed by atoms with Crippen molar-refractivity contribution in [1.29, 1.82) is 0 Å². The van der Waals surface area contributed by atoms with E-state index in [9.17, 15) is 4.79 Å². The zero-order valence-corrected chi connectivity index (χ0v) is 12.2. The average Bonchev–Trinajstić information content (AvgIpc) is 2.42. The highest BCUT2D eigenvalue weighted by Crippen LogP contribution is 2.26. The first kappa shape index (κ1) is 14.3. The van der Waals surface area contributed by atoms with Gasteiger partial charge in [0, 0.05) is 16.7 Å². The fraction of sp³-hybridized carbons (Fsp3) is 0.154. The first-order valence-electron chi connectivity index (χ1n) is 5.86. The van der Waals surface area contributed by atoms with Crippen LogP contribution < -0.4 is 10.1 Å². The van der Waals surface area contributed by atoms with Gasteiger partial charge in [-0.3, -0.25) is 0 Å². The summed E-state index contributed by atoms with van der Waals surface area (Å²) in [6, 6.07) is 6.32. The topological polar surface area (TPSA) is 84.3 Å². The Labute approximate surface area is 124 Å². The minimum absolute atomic E-state index is 0.200. The molecule has 2 rings (SSSR count). The number of nitrogens with zero attached hydrogens (tertiary/aromatic N) is 2. The van der Waals surface area contributed by atoms with Gasteiger partial charge in [-0.15, -0.1) is 0 Å². The first-order valence-corrected chi connectivity index (χ1v) is 6.65. The number of rotatable bonds is 5. The van der Waals surface area contributed by atoms with Crippen molar-refractivity contribution in [1.82, 2.24) is 9.97 Å². The van der Waals surface area contributed by atoms with Gasteiger partial charge in [-0.1, -0.05) is 0 Å². The molecule has 0 aliphatic heterocycles. The van der Waals surface area contributed by atoms with E-state index in [4.69, 9.17) is 9.84 Å². The zero-order chi connectivity index (χ0) is 14.5. The largest absolute Gasteiger partial charge is 0.478 e. The molecule has 0 aliphatic rings. The molecule has 0 atom stereocenters. The summed E-state index contributed by atoms with van der Waals surface area (Å²) in [4.78, 5) is 19.1. The molecule has 7 heteroatoms. The zero-order valence-electron chi connectivity index (χ0n) is 10.6. The number of hydrogen-bond donors (Lipinski definition) is 2. The van der Waals surface area contributed by atoms with E-state index >= 15 is 0 Å². The molecule has 0 radical (unpaired) electrons. The lowest BCUT2D eigenvalue weighted by Gasteiger charge is -2.09. The number of carbonyl (C=O) groups is 1. The second kappa shape index (κ2) is 6.33. The van der Waals surface area contributed by atoms with Crippen molar-refractivity contribution in [2.24, 2.45) is 0 Å². The van der Waals surface area contributed by atoms with Crippen molar-refractivity contribution in [2.75, 3.05) is 11.9 Å². The number of aromatic carboxylic acids is 1. The Balaban J connectivity index is 2.21. The summed E-state index contributed by atoms with van der Waals surface area (Å²) >= 11 is 3.31. The van der Waals surface area contributed by atoms with Crippen LogP contribution in [-0.4, -0.2) is 27.7 Å². The number of nitrogens with one attached hydrogen (secondary N) is 1. The summed E-state index contributed by atoms with van der Waals surface area (Å²) < 4.78 is 5.90. The summed E-state index contributed by atoms with van der Waals surface area (Å²) in [6.45, 7) is 2.39. The third-order valence-electron chi connectivity index (χ3n) is 2.38. The number of carboxylic acid groups (broad SMARTS) is 1. The molecule has 0 spiro atoms. The quantitative estimate of drug-likeness (QED) is 0.872. The van der Waals surface area contributed by atoms with Gasteiger partial charge < -0.3 is 15.2 Å². The molecule has 1 aromatic carbocycles. The number of aromatic nitrogens is 2. The van der Waals surface area contributed by atoms with Gasteiger partial charge >= 0.3 is 5.97 Å². The molecule has 0 unspecified atom stereocenters. The van der Waals surface area contributed by atoms with Gasteiger partial charge in [0.05, 0.1) is 17.9 Å². The summed E-state index contributed by atoms with van der Waals surface area (Å²) in [7, 11) is 0. The van der Waals surface area contributed by atoms with Gasteiger partial charge in [-0.05, 0) is 41.1 Å². The van der Waals surface area contributed by atoms with Crippen molar-refractivity contribution in [3.63, 3.8) is 0 Å². The highest BCUT2D eigenvalue weighted by atomic mass is 79.9. The Bertz CT molecular complexity index is 634. The molecular weight excluding hydrogens is 326 g/mol. The summed E-state index contributed by atoms with van der Waals surface area (Å²) in [5.41, 5.74) is 0.870. The van der Waals surface area contributed by atoms with Crippen LogP contribution in [-0.2, 0) is 0 Å². The summed E-state index contributed by atoms with van der Waals surface area (Å²) in [5, 5.41) is 11.9. The van der Waals surface area contributed by atoms with Crippen molar-refractivity contribution >= 4 is 33.5 Å². The normalized spacial score (nSPS) is 10.1. The Hall–Kier alpha value is -2.15. The number of halogens is 1. The maximum atomic E-state index is 10.9. The molecule has 0 aliphatic carbocycles. The SMILES string of the molecule is CCOc1ccnc(Nc2ccc(C(=O)O)cc2Br)n1. The third-order valence-corrected chi connectivity index (χ3v) is 3.04. The molecule has 2 N–H and O–H groups in total. The van der Waals surface area contributed by atoms with E-state index in [-0.39, 0.29) is 5.56 Å². The highest BCUT2D eigenvalue weighted by Gasteiger charge is 2.08. The van der Waals surface area contributed by atoms with Gasteiger partial charge in [0.15, 0.2) is 0 Å². The van der Waals surface area contributed by atoms with Crippen LogP contribution in [0.25, 0.3) is 0 Å². The molecule has 104 valence electrons. The van der Waals surface area contributed by atoms with Crippen molar-refractivity contribution in [3.05, 3.63) is 40.5 Å². The second-order valence-corrected chi connectivity index (χ2v) is 4.63. The molecule has 0 saturated heterocycles. The van der Waals surface area contributed by atoms with E-state index < -0.39 is 5.97 Å². The monoisotopic (exact) mass is 337 g/mol. The van der Waals surface area contributed by atoms with Crippen LogP contribution in [0.4, 0.5) is 11.6 Å². The van der Waals surface area contributed by atoms with Crippen LogP contribution in [0.2, 0.25) is 0 Å². The molecule has 0 fully saturated rings. The molecule has 0 saturated carbocycles. The lowest BCUT2D eigenvalue weighted by Crippen LogP contribution is -2.02. The predicted molar refractivity (Wildman–Crippen MR) is 77.6 cm³/mol. The lowest BCUT2D eigenvalue weighted by molar-refractivity contribution is 0.0697. The fourth-order valence-corrected chi connectivity index (χ4v) is 1.98. The van der Waals surface area contributed by atoms with Gasteiger partial charge in [0.1, 0.15) is 0 Å². The standard InChI is InChI=1S/C13H12BrN3O3/c1-2-20-11-5-6-15-13(17-11)16-10-4-3-8(12(18)19)7-9(10)14/h3-7H,2H2,1H3,(H,18,19)(H,15,16,17). The predicted octanol–water partition coefficient (Wildman–Crippen LogP) is 3.08. The van der Waals surface area contributed by atoms with E-state index in [1.54, 1.807) is 18.3 Å². The Morgan fingerprint density at radius 1 is 1.45 bits per heavy atom. The molecule has 6 nitrogen and oxygen atoms in total. The van der Waals surface area contributed by atoms with Crippen molar-refractivity contribution in [3.8, 4) is 5.88 Å². The number of benzene rings is 1. The van der Waals surface area contributed by atoms with Gasteiger partial charge in [-0.25, -0.2) is 9.78 Å². The number of hydrogen-bond acceptors (Lipinski definition) is 5. The van der Waals surface area contributed by atoms with Gasteiger partial charge in [-0.2, -0.15) is 4.98 Å². The van der Waals surface area contributed by atoms with Crippen molar-refractivity contribution in [2.45, 2.75) is 6.92 Å². The average molecular weight is 338 g/mol. The maximum absolute atomic E-state index is 10.9. The van der Waals surface area contributed by atoms with Gasteiger partial charge in [0.2, 0.25) is 11.8 Å². The van der Waals surface area contributed by atoms with E-state index in [0.29, 0.717) is 28.6 Å². The fourth-order valence-electron chi connectivity index (χ4n) is 1.50. The molecule has 2 aromatic rings. The molecular formula is C13H12BrN3O3. The van der Waals surface area contributed by atoms with Crippen LogP contribution >= 0.6 is 15.9 Å². The van der Waals surface area contributed by atoms with Crippen LogP contribution in [0.15, 0.2) is 34.9 Å².